The maximum Gasteiger partial charge on any atom is 0.246 e. The summed E-state index contributed by atoms with van der Waals surface area (Å²) in [6, 6.07) is 20.5. The lowest BCUT2D eigenvalue weighted by Crippen LogP contribution is -2.55. The number of carbonyl (C=O) groups is 2. The highest BCUT2D eigenvalue weighted by atomic mass is 16.2. The SMILES string of the molecule is CC(C(=O)NC1CC1)N1CCN(C(=O)/C=C/c2cn(Cc3ccccc3)nc2-c2ccccc2)CC1. The van der Waals surface area contributed by atoms with Gasteiger partial charge in [-0.25, -0.2) is 0 Å². The van der Waals surface area contributed by atoms with Gasteiger partial charge in [0.15, 0.2) is 0 Å². The van der Waals surface area contributed by atoms with Crippen molar-refractivity contribution in [3.8, 4) is 11.3 Å². The molecule has 1 aliphatic heterocycles. The molecule has 3 aromatic rings. The fourth-order valence-electron chi connectivity index (χ4n) is 4.54. The van der Waals surface area contributed by atoms with Gasteiger partial charge in [0, 0.05) is 55.6 Å². The maximum atomic E-state index is 13.0. The number of benzene rings is 2. The zero-order valence-corrected chi connectivity index (χ0v) is 20.7. The predicted octanol–water partition coefficient (Wildman–Crippen LogP) is 3.42. The second kappa shape index (κ2) is 10.9. The highest BCUT2D eigenvalue weighted by Crippen LogP contribution is 2.24. The Morgan fingerprint density at radius 2 is 1.67 bits per heavy atom. The topological polar surface area (TPSA) is 70.5 Å². The number of nitrogens with one attached hydrogen (secondary N) is 1. The van der Waals surface area contributed by atoms with Crippen molar-refractivity contribution in [2.24, 2.45) is 0 Å². The van der Waals surface area contributed by atoms with Crippen molar-refractivity contribution in [2.75, 3.05) is 26.2 Å². The van der Waals surface area contributed by atoms with Crippen molar-refractivity contribution in [2.45, 2.75) is 38.4 Å². The molecular weight excluding hydrogens is 450 g/mol. The smallest absolute Gasteiger partial charge is 0.246 e. The molecule has 2 aliphatic rings. The molecule has 1 N–H and O–H groups in total. The van der Waals surface area contributed by atoms with Crippen LogP contribution >= 0.6 is 0 Å². The summed E-state index contributed by atoms with van der Waals surface area (Å²) < 4.78 is 1.93. The maximum absolute atomic E-state index is 13.0. The van der Waals surface area contributed by atoms with E-state index in [0.29, 0.717) is 38.8 Å². The number of hydrogen-bond acceptors (Lipinski definition) is 4. The van der Waals surface area contributed by atoms with Crippen LogP contribution in [-0.2, 0) is 16.1 Å². The molecule has 7 nitrogen and oxygen atoms in total. The minimum Gasteiger partial charge on any atom is -0.352 e. The van der Waals surface area contributed by atoms with E-state index in [1.807, 2.05) is 77.3 Å². The summed E-state index contributed by atoms with van der Waals surface area (Å²) in [4.78, 5) is 29.4. The molecule has 36 heavy (non-hydrogen) atoms. The third-order valence-electron chi connectivity index (χ3n) is 6.91. The van der Waals surface area contributed by atoms with Crippen LogP contribution in [0.2, 0.25) is 0 Å². The van der Waals surface area contributed by atoms with Crippen LogP contribution in [-0.4, -0.2) is 69.7 Å². The van der Waals surface area contributed by atoms with Crippen molar-refractivity contribution in [1.29, 1.82) is 0 Å². The molecule has 5 rings (SSSR count). The number of nitrogens with zero attached hydrogens (tertiary/aromatic N) is 4. The van der Waals surface area contributed by atoms with Gasteiger partial charge >= 0.3 is 0 Å². The van der Waals surface area contributed by atoms with E-state index in [1.54, 1.807) is 6.08 Å². The van der Waals surface area contributed by atoms with E-state index in [4.69, 9.17) is 5.10 Å². The van der Waals surface area contributed by atoms with Gasteiger partial charge in [-0.2, -0.15) is 5.10 Å². The number of hydrogen-bond donors (Lipinski definition) is 1. The molecule has 1 saturated heterocycles. The van der Waals surface area contributed by atoms with Gasteiger partial charge in [-0.15, -0.1) is 0 Å². The van der Waals surface area contributed by atoms with Crippen LogP contribution in [0.4, 0.5) is 0 Å². The molecule has 0 spiro atoms. The standard InChI is InChI=1S/C29H33N5O2/c1-22(29(36)30-26-13-14-26)32-16-18-33(19-17-32)27(35)15-12-25-21-34(20-23-8-4-2-5-9-23)31-28(25)24-10-6-3-7-11-24/h2-12,15,21-22,26H,13-14,16-20H2,1H3,(H,30,36)/b15-12+. The second-order valence-corrected chi connectivity index (χ2v) is 9.64. The van der Waals surface area contributed by atoms with Gasteiger partial charge in [0.1, 0.15) is 0 Å². The van der Waals surface area contributed by atoms with E-state index >= 15 is 0 Å². The highest BCUT2D eigenvalue weighted by molar-refractivity contribution is 5.93. The Morgan fingerprint density at radius 3 is 2.33 bits per heavy atom. The van der Waals surface area contributed by atoms with Crippen LogP contribution in [0.25, 0.3) is 17.3 Å². The minimum atomic E-state index is -0.165. The molecule has 1 aliphatic carbocycles. The molecule has 1 atom stereocenters. The van der Waals surface area contributed by atoms with Crippen LogP contribution < -0.4 is 5.32 Å². The second-order valence-electron chi connectivity index (χ2n) is 9.64. The molecule has 186 valence electrons. The lowest BCUT2D eigenvalue weighted by molar-refractivity contribution is -0.130. The van der Waals surface area contributed by atoms with E-state index in [1.165, 1.54) is 5.56 Å². The molecule has 2 amide bonds. The van der Waals surface area contributed by atoms with Crippen molar-refractivity contribution in [3.63, 3.8) is 0 Å². The Labute approximate surface area is 212 Å². The van der Waals surface area contributed by atoms with E-state index in [9.17, 15) is 9.59 Å². The zero-order valence-electron chi connectivity index (χ0n) is 20.7. The molecule has 7 heteroatoms. The molecule has 2 heterocycles. The lowest BCUT2D eigenvalue weighted by atomic mass is 10.1. The number of amides is 2. The van der Waals surface area contributed by atoms with Crippen molar-refractivity contribution in [3.05, 3.63) is 84.1 Å². The summed E-state index contributed by atoms with van der Waals surface area (Å²) in [6.07, 6.45) is 7.69. The molecule has 1 saturated carbocycles. The fourth-order valence-corrected chi connectivity index (χ4v) is 4.54. The molecular formula is C29H33N5O2. The monoisotopic (exact) mass is 483 g/mol. The summed E-state index contributed by atoms with van der Waals surface area (Å²) in [5.41, 5.74) is 3.96. The fraction of sp³-hybridized carbons (Fsp3) is 0.345. The average molecular weight is 484 g/mol. The summed E-state index contributed by atoms with van der Waals surface area (Å²) >= 11 is 0. The van der Waals surface area contributed by atoms with Gasteiger partial charge in [0.2, 0.25) is 11.8 Å². The van der Waals surface area contributed by atoms with Crippen LogP contribution in [0.1, 0.15) is 30.9 Å². The zero-order chi connectivity index (χ0) is 24.9. The molecule has 1 aromatic heterocycles. The quantitative estimate of drug-likeness (QED) is 0.499. The molecule has 2 aromatic carbocycles. The number of carbonyl (C=O) groups excluding carboxylic acids is 2. The van der Waals surface area contributed by atoms with E-state index in [2.05, 4.69) is 22.3 Å². The van der Waals surface area contributed by atoms with Gasteiger partial charge in [0.05, 0.1) is 18.3 Å². The highest BCUT2D eigenvalue weighted by Gasteiger charge is 2.30. The van der Waals surface area contributed by atoms with Crippen molar-refractivity contribution < 1.29 is 9.59 Å². The van der Waals surface area contributed by atoms with Crippen molar-refractivity contribution >= 4 is 17.9 Å². The number of rotatable bonds is 8. The molecule has 1 unspecified atom stereocenters. The molecule has 0 radical (unpaired) electrons. The first-order valence-corrected chi connectivity index (χ1v) is 12.7. The predicted molar refractivity (Wildman–Crippen MR) is 141 cm³/mol. The molecule has 2 fully saturated rings. The minimum absolute atomic E-state index is 0.0143. The first-order chi connectivity index (χ1) is 17.6. The third-order valence-corrected chi connectivity index (χ3v) is 6.91. The lowest BCUT2D eigenvalue weighted by Gasteiger charge is -2.37. The van der Waals surface area contributed by atoms with E-state index in [0.717, 1.165) is 29.7 Å². The Morgan fingerprint density at radius 1 is 1.00 bits per heavy atom. The molecule has 0 bridgehead atoms. The Balaban J connectivity index is 1.24. The van der Waals surface area contributed by atoms with Gasteiger partial charge < -0.3 is 10.2 Å². The Hall–Kier alpha value is -3.71. The normalized spacial score (nSPS) is 17.3. The van der Waals surface area contributed by atoms with E-state index in [-0.39, 0.29) is 17.9 Å². The van der Waals surface area contributed by atoms with Crippen LogP contribution in [0, 0.1) is 0 Å². The number of piperazine rings is 1. The average Bonchev–Trinajstić information content (AvgIpc) is 3.65. The summed E-state index contributed by atoms with van der Waals surface area (Å²) in [7, 11) is 0. The first kappa shape index (κ1) is 24.0. The Kier molecular flexibility index (Phi) is 7.28. The number of aromatic nitrogens is 2. The van der Waals surface area contributed by atoms with Crippen LogP contribution in [0.5, 0.6) is 0 Å². The van der Waals surface area contributed by atoms with Gasteiger partial charge in [-0.05, 0) is 31.4 Å². The van der Waals surface area contributed by atoms with Gasteiger partial charge in [-0.3, -0.25) is 19.2 Å². The van der Waals surface area contributed by atoms with Crippen molar-refractivity contribution in [1.82, 2.24) is 24.9 Å². The van der Waals surface area contributed by atoms with Gasteiger partial charge in [0.25, 0.3) is 0 Å². The largest absolute Gasteiger partial charge is 0.352 e. The Bertz CT molecular complexity index is 1210. The summed E-state index contributed by atoms with van der Waals surface area (Å²) in [5.74, 6) is 0.0812. The first-order valence-electron chi connectivity index (χ1n) is 12.7. The van der Waals surface area contributed by atoms with Crippen LogP contribution in [0.15, 0.2) is 72.9 Å². The van der Waals surface area contributed by atoms with E-state index < -0.39 is 0 Å². The summed E-state index contributed by atoms with van der Waals surface area (Å²) in [6.45, 7) is 5.24. The third kappa shape index (κ3) is 5.91. The van der Waals surface area contributed by atoms with Gasteiger partial charge in [-0.1, -0.05) is 60.7 Å². The summed E-state index contributed by atoms with van der Waals surface area (Å²) in [5, 5.41) is 7.91. The van der Waals surface area contributed by atoms with Crippen LogP contribution in [0.3, 0.4) is 0 Å².